The highest BCUT2D eigenvalue weighted by molar-refractivity contribution is 5.76. The number of hydrogen-bond donors (Lipinski definition) is 0. The third kappa shape index (κ3) is 5.84. The first-order chi connectivity index (χ1) is 17.0. The zero-order valence-electron chi connectivity index (χ0n) is 21.0. The van der Waals surface area contributed by atoms with Gasteiger partial charge in [-0.1, -0.05) is 24.3 Å². The minimum absolute atomic E-state index is 0.101. The van der Waals surface area contributed by atoms with Crippen molar-refractivity contribution >= 4 is 17.7 Å². The van der Waals surface area contributed by atoms with Crippen molar-refractivity contribution in [3.63, 3.8) is 0 Å². The number of allylic oxidation sites excluding steroid dienone is 1. The number of hydrogen-bond acceptors (Lipinski definition) is 4. The van der Waals surface area contributed by atoms with Gasteiger partial charge in [0.1, 0.15) is 0 Å². The van der Waals surface area contributed by atoms with Crippen LogP contribution in [-0.2, 0) is 28.9 Å². The molecule has 0 spiro atoms. The molecule has 1 aromatic heterocycles. The van der Waals surface area contributed by atoms with Crippen LogP contribution in [0.1, 0.15) is 72.5 Å². The second-order valence-corrected chi connectivity index (χ2v) is 9.77. The minimum atomic E-state index is -0.386. The summed E-state index contributed by atoms with van der Waals surface area (Å²) >= 11 is 0. The van der Waals surface area contributed by atoms with Crippen molar-refractivity contribution in [3.05, 3.63) is 68.5 Å². The first kappa shape index (κ1) is 25.2. The van der Waals surface area contributed by atoms with Gasteiger partial charge in [-0.05, 0) is 68.6 Å². The molecule has 1 aromatic carbocycles. The minimum Gasteiger partial charge on any atom is -0.385 e. The molecular formula is C28H37N3O4. The van der Waals surface area contributed by atoms with Gasteiger partial charge in [-0.3, -0.25) is 14.9 Å². The smallest absolute Gasteiger partial charge is 0.269 e. The molecule has 0 N–H and O–H groups in total. The van der Waals surface area contributed by atoms with E-state index >= 15 is 0 Å². The lowest BCUT2D eigenvalue weighted by molar-refractivity contribution is -0.384. The lowest BCUT2D eigenvalue weighted by atomic mass is 9.91. The van der Waals surface area contributed by atoms with E-state index < -0.39 is 0 Å². The van der Waals surface area contributed by atoms with Crippen LogP contribution in [0, 0.1) is 17.0 Å². The predicted molar refractivity (Wildman–Crippen MR) is 138 cm³/mol. The van der Waals surface area contributed by atoms with Gasteiger partial charge in [-0.2, -0.15) is 0 Å². The zero-order chi connectivity index (χ0) is 24.8. The number of methoxy groups -OCH3 is 1. The molecule has 1 amide bonds. The summed E-state index contributed by atoms with van der Waals surface area (Å²) in [5.41, 5.74) is 6.76. The van der Waals surface area contributed by atoms with Crippen LogP contribution < -0.4 is 0 Å². The molecule has 0 radical (unpaired) electrons. The summed E-state index contributed by atoms with van der Waals surface area (Å²) in [5, 5.41) is 10.8. The van der Waals surface area contributed by atoms with E-state index in [4.69, 9.17) is 4.74 Å². The van der Waals surface area contributed by atoms with Gasteiger partial charge >= 0.3 is 0 Å². The van der Waals surface area contributed by atoms with Gasteiger partial charge in [0.15, 0.2) is 0 Å². The molecule has 1 aliphatic heterocycles. The third-order valence-corrected chi connectivity index (χ3v) is 7.44. The number of rotatable bonds is 10. The highest BCUT2D eigenvalue weighted by atomic mass is 16.6. The number of carbonyl (C=O) groups excluding carboxylic acids is 1. The summed E-state index contributed by atoms with van der Waals surface area (Å²) in [6, 6.07) is 6.64. The quantitative estimate of drug-likeness (QED) is 0.259. The third-order valence-electron chi connectivity index (χ3n) is 7.44. The molecule has 1 saturated heterocycles. The second-order valence-electron chi connectivity index (χ2n) is 9.77. The Bertz CT molecular complexity index is 1070. The van der Waals surface area contributed by atoms with Crippen molar-refractivity contribution in [2.75, 3.05) is 26.8 Å². The number of nitrogens with zero attached hydrogens (tertiary/aromatic N) is 3. The first-order valence-electron chi connectivity index (χ1n) is 12.9. The normalized spacial score (nSPS) is 17.4. The van der Waals surface area contributed by atoms with Crippen molar-refractivity contribution < 1.29 is 14.5 Å². The van der Waals surface area contributed by atoms with Crippen LogP contribution in [0.25, 0.3) is 6.08 Å². The molecule has 0 bridgehead atoms. The van der Waals surface area contributed by atoms with E-state index in [-0.39, 0.29) is 16.5 Å². The fourth-order valence-corrected chi connectivity index (χ4v) is 5.72. The second kappa shape index (κ2) is 11.7. The SMILES string of the molecule is COCCCn1c2c(c(C)c1C1CCCN(C(=O)CCCc3ccc([N+](=O)[O-])cc3)C1)C=CCC2. The van der Waals surface area contributed by atoms with Crippen LogP contribution in [0.2, 0.25) is 0 Å². The average molecular weight is 480 g/mol. The Hall–Kier alpha value is -2.93. The Morgan fingerprint density at radius 3 is 2.77 bits per heavy atom. The number of fused-ring (bicyclic) bond motifs is 1. The number of piperidine rings is 1. The summed E-state index contributed by atoms with van der Waals surface area (Å²) in [6.45, 7) is 5.59. The maximum absolute atomic E-state index is 13.1. The van der Waals surface area contributed by atoms with Gasteiger partial charge < -0.3 is 14.2 Å². The van der Waals surface area contributed by atoms with E-state index in [9.17, 15) is 14.9 Å². The number of aromatic nitrogens is 1. The molecule has 2 aliphatic rings. The molecule has 1 aliphatic carbocycles. The van der Waals surface area contributed by atoms with Crippen LogP contribution in [-0.4, -0.2) is 47.1 Å². The van der Waals surface area contributed by atoms with Gasteiger partial charge in [-0.15, -0.1) is 0 Å². The van der Waals surface area contributed by atoms with Gasteiger partial charge in [-0.25, -0.2) is 0 Å². The summed E-state index contributed by atoms with van der Waals surface area (Å²) in [7, 11) is 1.76. The first-order valence-corrected chi connectivity index (χ1v) is 12.9. The van der Waals surface area contributed by atoms with Crippen LogP contribution in [0.3, 0.4) is 0 Å². The van der Waals surface area contributed by atoms with Crippen molar-refractivity contribution in [1.29, 1.82) is 0 Å². The van der Waals surface area contributed by atoms with Crippen LogP contribution >= 0.6 is 0 Å². The monoisotopic (exact) mass is 479 g/mol. The molecule has 0 saturated carbocycles. The number of benzene rings is 1. The Kier molecular flexibility index (Phi) is 8.39. The summed E-state index contributed by atoms with van der Waals surface area (Å²) in [4.78, 5) is 25.6. The number of amides is 1. The standard InChI is InChI=1S/C28H37N3O4/c1-21-25-10-3-4-11-26(25)30(18-7-19-35-2)28(21)23-9-6-17-29(20-23)27(32)12-5-8-22-13-15-24(16-14-22)31(33)34/h3,10,13-16,23H,4-9,11-12,17-20H2,1-2H3. The molecule has 2 heterocycles. The van der Waals surface area contributed by atoms with E-state index in [1.54, 1.807) is 19.2 Å². The fourth-order valence-electron chi connectivity index (χ4n) is 5.72. The summed E-state index contributed by atoms with van der Waals surface area (Å²) in [5.74, 6) is 0.584. The number of likely N-dealkylation sites (tertiary alicyclic amines) is 1. The molecule has 35 heavy (non-hydrogen) atoms. The average Bonchev–Trinajstić information content (AvgIpc) is 3.16. The Morgan fingerprint density at radius 1 is 1.23 bits per heavy atom. The molecule has 4 rings (SSSR count). The number of aryl methyl sites for hydroxylation is 1. The van der Waals surface area contributed by atoms with Crippen molar-refractivity contribution in [2.45, 2.75) is 70.8 Å². The van der Waals surface area contributed by atoms with Crippen LogP contribution in [0.15, 0.2) is 30.3 Å². The number of nitro benzene ring substituents is 1. The zero-order valence-corrected chi connectivity index (χ0v) is 21.0. The molecule has 2 aromatic rings. The van der Waals surface area contributed by atoms with Gasteiger partial charge in [0.2, 0.25) is 5.91 Å². The van der Waals surface area contributed by atoms with Crippen molar-refractivity contribution in [1.82, 2.24) is 9.47 Å². The van der Waals surface area contributed by atoms with Gasteiger partial charge in [0.05, 0.1) is 4.92 Å². The maximum Gasteiger partial charge on any atom is 0.269 e. The highest BCUT2D eigenvalue weighted by Crippen LogP contribution is 2.37. The Balaban J connectivity index is 1.40. The van der Waals surface area contributed by atoms with Crippen molar-refractivity contribution in [2.24, 2.45) is 0 Å². The molecule has 1 fully saturated rings. The van der Waals surface area contributed by atoms with Gasteiger partial charge in [0.25, 0.3) is 5.69 Å². The number of carbonyl (C=O) groups is 1. The van der Waals surface area contributed by atoms with E-state index in [1.807, 2.05) is 0 Å². The molecule has 7 heteroatoms. The summed E-state index contributed by atoms with van der Waals surface area (Å²) < 4.78 is 7.87. The number of non-ortho nitro benzene ring substituents is 1. The topological polar surface area (TPSA) is 77.6 Å². The largest absolute Gasteiger partial charge is 0.385 e. The van der Waals surface area contributed by atoms with Crippen LogP contribution in [0.4, 0.5) is 5.69 Å². The fraction of sp³-hybridized carbons (Fsp3) is 0.536. The van der Waals surface area contributed by atoms with Crippen molar-refractivity contribution in [3.8, 4) is 0 Å². The number of nitro groups is 1. The molecule has 188 valence electrons. The number of ether oxygens (including phenoxy) is 1. The van der Waals surface area contributed by atoms with Crippen LogP contribution in [0.5, 0.6) is 0 Å². The Labute approximate surface area is 207 Å². The lowest BCUT2D eigenvalue weighted by Gasteiger charge is -2.34. The van der Waals surface area contributed by atoms with Gasteiger partial charge in [0, 0.05) is 69.2 Å². The maximum atomic E-state index is 13.1. The molecular weight excluding hydrogens is 442 g/mol. The summed E-state index contributed by atoms with van der Waals surface area (Å²) in [6.07, 6.45) is 11.9. The van der Waals surface area contributed by atoms with E-state index in [2.05, 4.69) is 28.5 Å². The van der Waals surface area contributed by atoms with E-state index in [1.165, 1.54) is 34.6 Å². The molecule has 1 unspecified atom stereocenters. The highest BCUT2D eigenvalue weighted by Gasteiger charge is 2.30. The Morgan fingerprint density at radius 2 is 2.03 bits per heavy atom. The van der Waals surface area contributed by atoms with E-state index in [0.717, 1.165) is 76.8 Å². The van der Waals surface area contributed by atoms with E-state index in [0.29, 0.717) is 12.3 Å². The lowest BCUT2D eigenvalue weighted by Crippen LogP contribution is -2.39. The molecule has 7 nitrogen and oxygen atoms in total. The molecule has 1 atom stereocenters. The predicted octanol–water partition coefficient (Wildman–Crippen LogP) is 5.43.